The summed E-state index contributed by atoms with van der Waals surface area (Å²) < 4.78 is 0.460. The summed E-state index contributed by atoms with van der Waals surface area (Å²) in [7, 11) is 1.76. The molecule has 3 N–H and O–H groups in total. The first kappa shape index (κ1) is 25.2. The normalized spacial score (nSPS) is 22.6. The highest BCUT2D eigenvalue weighted by atomic mass is 79.9. The maximum absolute atomic E-state index is 13.6. The molecule has 3 atom stereocenters. The highest BCUT2D eigenvalue weighted by molar-refractivity contribution is 9.10. The van der Waals surface area contributed by atoms with Crippen molar-refractivity contribution in [1.82, 2.24) is 20.1 Å². The van der Waals surface area contributed by atoms with Crippen LogP contribution in [0.15, 0.2) is 47.2 Å². The second-order valence-electron chi connectivity index (χ2n) is 9.53. The highest BCUT2D eigenvalue weighted by Crippen LogP contribution is 2.35. The van der Waals surface area contributed by atoms with Crippen molar-refractivity contribution in [3.63, 3.8) is 0 Å². The van der Waals surface area contributed by atoms with Gasteiger partial charge >= 0.3 is 0 Å². The van der Waals surface area contributed by atoms with Crippen LogP contribution in [0.5, 0.6) is 0 Å². The number of piperazine rings is 1. The number of aromatic nitrogens is 1. The second-order valence-corrected chi connectivity index (χ2v) is 10.4. The van der Waals surface area contributed by atoms with E-state index in [1.165, 1.54) is 12.3 Å². The molecule has 12 heteroatoms. The van der Waals surface area contributed by atoms with Gasteiger partial charge in [0.25, 0.3) is 17.5 Å². The zero-order chi connectivity index (χ0) is 26.1. The molecule has 4 heterocycles. The van der Waals surface area contributed by atoms with E-state index < -0.39 is 4.92 Å². The Bertz CT molecular complexity index is 1260. The van der Waals surface area contributed by atoms with Crippen LogP contribution >= 0.6 is 15.9 Å². The molecule has 3 aliphatic rings. The van der Waals surface area contributed by atoms with Gasteiger partial charge in [-0.1, -0.05) is 28.1 Å². The number of amides is 2. The van der Waals surface area contributed by atoms with E-state index in [2.05, 4.69) is 49.0 Å². The van der Waals surface area contributed by atoms with E-state index in [-0.39, 0.29) is 46.9 Å². The molecule has 2 aromatic rings. The van der Waals surface area contributed by atoms with Gasteiger partial charge in [0.05, 0.1) is 21.7 Å². The van der Waals surface area contributed by atoms with Crippen LogP contribution in [0.2, 0.25) is 0 Å². The van der Waals surface area contributed by atoms with Crippen LogP contribution in [0.25, 0.3) is 0 Å². The van der Waals surface area contributed by atoms with Crippen LogP contribution in [0.4, 0.5) is 17.1 Å². The first-order chi connectivity index (χ1) is 17.8. The monoisotopic (exact) mass is 569 g/mol. The number of nitrogens with one attached hydrogen (secondary N) is 3. The Morgan fingerprint density at radius 1 is 1.11 bits per heavy atom. The molecule has 2 bridgehead atoms. The minimum absolute atomic E-state index is 0.0788. The van der Waals surface area contributed by atoms with Gasteiger partial charge in [0, 0.05) is 74.3 Å². The molecule has 0 spiro atoms. The average Bonchev–Trinajstić information content (AvgIpc) is 3.25. The van der Waals surface area contributed by atoms with Crippen molar-refractivity contribution < 1.29 is 14.5 Å². The topological polar surface area (TPSA) is 133 Å². The zero-order valence-electron chi connectivity index (χ0n) is 20.3. The van der Waals surface area contributed by atoms with Crippen LogP contribution in [-0.4, -0.2) is 82.9 Å². The van der Waals surface area contributed by atoms with Gasteiger partial charge in [-0.2, -0.15) is 0 Å². The Hall–Kier alpha value is -3.51. The summed E-state index contributed by atoms with van der Waals surface area (Å²) in [4.78, 5) is 46.0. The Labute approximate surface area is 222 Å². The molecule has 1 aromatic heterocycles. The van der Waals surface area contributed by atoms with Crippen LogP contribution in [-0.2, 0) is 0 Å². The lowest BCUT2D eigenvalue weighted by Crippen LogP contribution is -2.53. The Morgan fingerprint density at radius 3 is 2.57 bits per heavy atom. The molecule has 2 saturated heterocycles. The van der Waals surface area contributed by atoms with Crippen molar-refractivity contribution in [3.05, 3.63) is 68.5 Å². The van der Waals surface area contributed by atoms with Gasteiger partial charge in [-0.25, -0.2) is 0 Å². The third-order valence-corrected chi connectivity index (χ3v) is 7.42. The number of rotatable bonds is 6. The van der Waals surface area contributed by atoms with Crippen LogP contribution in [0, 0.1) is 10.1 Å². The molecule has 0 radical (unpaired) electrons. The van der Waals surface area contributed by atoms with Gasteiger partial charge in [-0.3, -0.25) is 24.7 Å². The number of likely N-dealkylation sites (tertiary alicyclic amines) is 1. The van der Waals surface area contributed by atoms with Crippen LogP contribution < -0.4 is 16.0 Å². The van der Waals surface area contributed by atoms with E-state index in [0.717, 1.165) is 12.1 Å². The SMILES string of the molecule is CNc1cncc(C(=O)N2CCC[C@@H](Nc3c(C(=O)N4CC5C=CC(C4)N5)cc(Br)cc3[N+](=O)[O-])C2)c1. The molecule has 0 saturated carbocycles. The van der Waals surface area contributed by atoms with Gasteiger partial charge in [0.2, 0.25) is 0 Å². The van der Waals surface area contributed by atoms with Gasteiger partial charge < -0.3 is 25.8 Å². The molecule has 3 aliphatic heterocycles. The van der Waals surface area contributed by atoms with Crippen molar-refractivity contribution in [2.24, 2.45) is 0 Å². The van der Waals surface area contributed by atoms with E-state index >= 15 is 0 Å². The van der Waals surface area contributed by atoms with E-state index in [0.29, 0.717) is 42.6 Å². The molecule has 1 aromatic carbocycles. The summed E-state index contributed by atoms with van der Waals surface area (Å²) in [5.41, 5.74) is 1.47. The number of halogens is 1. The average molecular weight is 570 g/mol. The molecular formula is C25H28BrN7O4. The molecule has 5 rings (SSSR count). The summed E-state index contributed by atoms with van der Waals surface area (Å²) in [6, 6.07) is 4.69. The predicted molar refractivity (Wildman–Crippen MR) is 143 cm³/mol. The van der Waals surface area contributed by atoms with Gasteiger partial charge in [-0.15, -0.1) is 0 Å². The number of nitro groups is 1. The quantitative estimate of drug-likeness (QED) is 0.275. The third-order valence-electron chi connectivity index (χ3n) is 6.97. The molecule has 2 amide bonds. The highest BCUT2D eigenvalue weighted by Gasteiger charge is 2.35. The molecule has 37 heavy (non-hydrogen) atoms. The number of fused-ring (bicyclic) bond motifs is 2. The number of benzene rings is 1. The lowest BCUT2D eigenvalue weighted by molar-refractivity contribution is -0.384. The Morgan fingerprint density at radius 2 is 1.86 bits per heavy atom. The standard InChI is InChI=1S/C25H28BrN7O4/c1-27-20-7-15(10-28-11-20)24(34)31-6-2-3-17(12-31)30-23-21(8-16(26)9-22(23)33(36)37)25(35)32-13-18-4-5-19(14-32)29-18/h4-5,7-11,17-19,27,29-30H,2-3,6,12-14H2,1H3/t17-,18?,19?/m1/s1. The summed E-state index contributed by atoms with van der Waals surface area (Å²) in [6.07, 6.45) is 8.71. The Kier molecular flexibility index (Phi) is 7.11. The number of anilines is 2. The number of carbonyl (C=O) groups is 2. The minimum Gasteiger partial charge on any atom is -0.387 e. The molecular weight excluding hydrogens is 542 g/mol. The van der Waals surface area contributed by atoms with Gasteiger partial charge in [0.1, 0.15) is 5.69 Å². The maximum atomic E-state index is 13.6. The number of nitrogens with zero attached hydrogens (tertiary/aromatic N) is 4. The van der Waals surface area contributed by atoms with E-state index in [4.69, 9.17) is 0 Å². The lowest BCUT2D eigenvalue weighted by atomic mass is 10.0. The summed E-state index contributed by atoms with van der Waals surface area (Å²) >= 11 is 3.34. The summed E-state index contributed by atoms with van der Waals surface area (Å²) in [6.45, 7) is 1.92. The van der Waals surface area contributed by atoms with Gasteiger partial charge in [0.15, 0.2) is 0 Å². The van der Waals surface area contributed by atoms with E-state index in [1.54, 1.807) is 35.2 Å². The number of hydrogen-bond acceptors (Lipinski definition) is 8. The fourth-order valence-electron chi connectivity index (χ4n) is 5.18. The first-order valence-electron chi connectivity index (χ1n) is 12.2. The number of pyridine rings is 1. The Balaban J connectivity index is 1.39. The van der Waals surface area contributed by atoms with Crippen LogP contribution in [0.3, 0.4) is 0 Å². The zero-order valence-corrected chi connectivity index (χ0v) is 21.9. The third kappa shape index (κ3) is 5.30. The maximum Gasteiger partial charge on any atom is 0.294 e. The number of hydrogen-bond donors (Lipinski definition) is 3. The second kappa shape index (κ2) is 10.5. The largest absolute Gasteiger partial charge is 0.387 e. The number of nitro benzene ring substituents is 1. The number of carbonyl (C=O) groups excluding carboxylic acids is 2. The summed E-state index contributed by atoms with van der Waals surface area (Å²) in [5.74, 6) is -0.410. The fourth-order valence-corrected chi connectivity index (χ4v) is 5.63. The smallest absolute Gasteiger partial charge is 0.294 e. The minimum atomic E-state index is -0.479. The van der Waals surface area contributed by atoms with E-state index in [9.17, 15) is 19.7 Å². The number of piperidine rings is 1. The van der Waals surface area contributed by atoms with Crippen molar-refractivity contribution in [3.8, 4) is 0 Å². The van der Waals surface area contributed by atoms with Gasteiger partial charge in [-0.05, 0) is 25.0 Å². The lowest BCUT2D eigenvalue weighted by Gasteiger charge is -2.35. The molecule has 2 unspecified atom stereocenters. The van der Waals surface area contributed by atoms with Crippen LogP contribution in [0.1, 0.15) is 33.6 Å². The fraction of sp³-hybridized carbons (Fsp3) is 0.400. The molecule has 0 aliphatic carbocycles. The molecule has 11 nitrogen and oxygen atoms in total. The molecule has 194 valence electrons. The summed E-state index contributed by atoms with van der Waals surface area (Å²) in [5, 5.41) is 21.7. The molecule has 2 fully saturated rings. The van der Waals surface area contributed by atoms with Crippen molar-refractivity contribution in [1.29, 1.82) is 0 Å². The van der Waals surface area contributed by atoms with E-state index in [1.807, 2.05) is 0 Å². The van der Waals surface area contributed by atoms with Crippen molar-refractivity contribution >= 4 is 44.8 Å². The van der Waals surface area contributed by atoms with Crippen molar-refractivity contribution in [2.75, 3.05) is 43.9 Å². The predicted octanol–water partition coefficient (Wildman–Crippen LogP) is 2.86. The first-order valence-corrected chi connectivity index (χ1v) is 13.0. The van der Waals surface area contributed by atoms with Crippen molar-refractivity contribution in [2.45, 2.75) is 31.0 Å².